The number of nitriles is 2. The Bertz CT molecular complexity index is 853. The fourth-order valence-electron chi connectivity index (χ4n) is 4.44. The molecule has 2 aliphatic rings. The van der Waals surface area contributed by atoms with Crippen molar-refractivity contribution in [3.63, 3.8) is 0 Å². The molecule has 1 aliphatic carbocycles. The number of benzene rings is 1. The molecule has 1 saturated heterocycles. The minimum absolute atomic E-state index is 0.00178. The third kappa shape index (κ3) is 2.94. The third-order valence-corrected chi connectivity index (χ3v) is 5.61. The molecule has 1 aromatic carbocycles. The fourth-order valence-corrected chi connectivity index (χ4v) is 4.44. The van der Waals surface area contributed by atoms with Crippen LogP contribution in [0.15, 0.2) is 41.6 Å². The van der Waals surface area contributed by atoms with Crippen molar-refractivity contribution < 1.29 is 4.79 Å². The predicted molar refractivity (Wildman–Crippen MR) is 103 cm³/mol. The highest BCUT2D eigenvalue weighted by molar-refractivity contribution is 6.19. The minimum atomic E-state index is -1.30. The van der Waals surface area contributed by atoms with Crippen LogP contribution in [-0.2, 0) is 10.2 Å². The van der Waals surface area contributed by atoms with Crippen LogP contribution in [0.3, 0.4) is 0 Å². The number of carbonyl (C=O) groups excluding carboxylic acids is 1. The number of piperidine rings is 1. The summed E-state index contributed by atoms with van der Waals surface area (Å²) in [5.74, 6) is -1.05. The number of nitrogens with one attached hydrogen (secondary N) is 1. The summed E-state index contributed by atoms with van der Waals surface area (Å²) in [4.78, 5) is 15.1. The number of hydrogen-bond acceptors (Lipinski definition) is 5. The van der Waals surface area contributed by atoms with Gasteiger partial charge in [-0.15, -0.1) is 0 Å². The van der Waals surface area contributed by atoms with E-state index in [0.717, 1.165) is 32.4 Å². The monoisotopic (exact) mass is 360 g/mol. The first-order valence-corrected chi connectivity index (χ1v) is 9.59. The van der Waals surface area contributed by atoms with Crippen LogP contribution < -0.4 is 0 Å². The molecule has 5 nitrogen and oxygen atoms in total. The second-order valence-electron chi connectivity index (χ2n) is 7.23. The zero-order valence-corrected chi connectivity index (χ0v) is 15.7. The van der Waals surface area contributed by atoms with Gasteiger partial charge in [-0.3, -0.25) is 4.79 Å². The Hall–Kier alpha value is -2.92. The van der Waals surface area contributed by atoms with Crippen LogP contribution in [0.1, 0.15) is 44.6 Å². The second kappa shape index (κ2) is 7.76. The topological polar surface area (TPSA) is 91.7 Å². The number of carbonyl (C=O) groups is 1. The molecule has 1 heterocycles. The van der Waals surface area contributed by atoms with Crippen molar-refractivity contribution in [3.05, 3.63) is 47.2 Å². The molecule has 0 radical (unpaired) electrons. The van der Waals surface area contributed by atoms with Crippen LogP contribution in [0.25, 0.3) is 0 Å². The van der Waals surface area contributed by atoms with E-state index in [0.29, 0.717) is 24.1 Å². The third-order valence-electron chi connectivity index (χ3n) is 5.61. The fraction of sp³-hybridized carbons (Fsp3) is 0.455. The molecule has 0 aromatic heterocycles. The van der Waals surface area contributed by atoms with Gasteiger partial charge in [-0.05, 0) is 31.2 Å². The smallest absolute Gasteiger partial charge is 0.144 e. The van der Waals surface area contributed by atoms with E-state index in [1.807, 2.05) is 37.3 Å². The predicted octanol–water partition coefficient (Wildman–Crippen LogP) is 3.73. The van der Waals surface area contributed by atoms with Crippen LogP contribution in [0.2, 0.25) is 0 Å². The molecule has 0 unspecified atom stereocenters. The molecule has 3 rings (SSSR count). The van der Waals surface area contributed by atoms with Crippen molar-refractivity contribution in [2.75, 3.05) is 13.1 Å². The molecule has 1 aliphatic heterocycles. The lowest BCUT2D eigenvalue weighted by atomic mass is 9.68. The normalized spacial score (nSPS) is 25.2. The van der Waals surface area contributed by atoms with Gasteiger partial charge in [0.05, 0.1) is 29.0 Å². The van der Waals surface area contributed by atoms with Crippen molar-refractivity contribution in [2.24, 2.45) is 5.92 Å². The molecule has 138 valence electrons. The van der Waals surface area contributed by atoms with Gasteiger partial charge in [0.25, 0.3) is 0 Å². The summed E-state index contributed by atoms with van der Waals surface area (Å²) >= 11 is 0. The molecule has 27 heavy (non-hydrogen) atoms. The van der Waals surface area contributed by atoms with Crippen molar-refractivity contribution in [3.8, 4) is 12.1 Å². The van der Waals surface area contributed by atoms with Crippen molar-refractivity contribution in [2.45, 2.75) is 44.4 Å². The van der Waals surface area contributed by atoms with E-state index in [1.165, 1.54) is 0 Å². The quantitative estimate of drug-likeness (QED) is 0.866. The SMILES string of the molecule is CCCC(=O)[C@@H]1C(=N)C(C#N)=C(N2CCCCC2)[C@]1(C#N)c1ccccc1. The molecule has 1 fully saturated rings. The average molecular weight is 360 g/mol. The number of ketones is 1. The number of Topliss-reactive ketones (excluding diaryl/α,β-unsaturated/α-hetero) is 1. The minimum Gasteiger partial charge on any atom is -0.372 e. The van der Waals surface area contributed by atoms with E-state index in [1.54, 1.807) is 0 Å². The lowest BCUT2D eigenvalue weighted by Gasteiger charge is -2.39. The van der Waals surface area contributed by atoms with Gasteiger partial charge in [0, 0.05) is 19.5 Å². The standard InChI is InChI=1S/C22H24N4O/c1-2-9-18(27)19-20(25)17(14-23)21(26-12-7-4-8-13-26)22(19,15-24)16-10-5-3-6-11-16/h3,5-6,10-11,19,25H,2,4,7-9,12-13H2,1H3/t19-,22-/m1/s1. The molecule has 0 bridgehead atoms. The largest absolute Gasteiger partial charge is 0.372 e. The Balaban J connectivity index is 2.27. The Labute approximate surface area is 160 Å². The van der Waals surface area contributed by atoms with Crippen LogP contribution >= 0.6 is 0 Å². The maximum atomic E-state index is 13.0. The van der Waals surface area contributed by atoms with E-state index in [9.17, 15) is 15.3 Å². The first-order valence-electron chi connectivity index (χ1n) is 9.59. The summed E-state index contributed by atoms with van der Waals surface area (Å²) in [7, 11) is 0. The van der Waals surface area contributed by atoms with Crippen LogP contribution in [0, 0.1) is 34.0 Å². The number of rotatable bonds is 5. The number of hydrogen-bond donors (Lipinski definition) is 1. The van der Waals surface area contributed by atoms with Gasteiger partial charge >= 0.3 is 0 Å². The van der Waals surface area contributed by atoms with Crippen LogP contribution in [0.4, 0.5) is 0 Å². The summed E-state index contributed by atoms with van der Waals surface area (Å²) < 4.78 is 0. The molecule has 2 atom stereocenters. The van der Waals surface area contributed by atoms with Crippen molar-refractivity contribution >= 4 is 11.5 Å². The van der Waals surface area contributed by atoms with Crippen molar-refractivity contribution in [1.82, 2.24) is 4.90 Å². The van der Waals surface area contributed by atoms with E-state index in [4.69, 9.17) is 5.41 Å². The van der Waals surface area contributed by atoms with Crippen molar-refractivity contribution in [1.29, 1.82) is 15.9 Å². The Morgan fingerprint density at radius 2 is 1.89 bits per heavy atom. The number of nitrogens with zero attached hydrogens (tertiary/aromatic N) is 3. The lowest BCUT2D eigenvalue weighted by Crippen LogP contribution is -2.45. The van der Waals surface area contributed by atoms with E-state index in [-0.39, 0.29) is 17.1 Å². The van der Waals surface area contributed by atoms with Gasteiger partial charge < -0.3 is 10.3 Å². The first-order chi connectivity index (χ1) is 13.1. The first kappa shape index (κ1) is 18.9. The molecular formula is C22H24N4O. The highest BCUT2D eigenvalue weighted by atomic mass is 16.1. The van der Waals surface area contributed by atoms with Crippen LogP contribution in [-0.4, -0.2) is 29.5 Å². The summed E-state index contributed by atoms with van der Waals surface area (Å²) in [6.45, 7) is 3.41. The zero-order chi connectivity index (χ0) is 19.4. The van der Waals surface area contributed by atoms with Gasteiger partial charge in [0.2, 0.25) is 0 Å². The average Bonchev–Trinajstić information content (AvgIpc) is 2.98. The Kier molecular flexibility index (Phi) is 5.42. The highest BCUT2D eigenvalue weighted by Crippen LogP contribution is 2.50. The number of likely N-dealkylation sites (tertiary alicyclic amines) is 1. The van der Waals surface area contributed by atoms with E-state index >= 15 is 0 Å². The number of allylic oxidation sites excluding steroid dienone is 2. The van der Waals surface area contributed by atoms with E-state index < -0.39 is 11.3 Å². The molecule has 1 aromatic rings. The zero-order valence-electron chi connectivity index (χ0n) is 15.7. The van der Waals surface area contributed by atoms with Gasteiger partial charge in [-0.2, -0.15) is 10.5 Å². The summed E-state index contributed by atoms with van der Waals surface area (Å²) in [5.41, 5.74) is 0.168. The van der Waals surface area contributed by atoms with Gasteiger partial charge in [0.1, 0.15) is 17.3 Å². The molecule has 0 spiro atoms. The molecule has 5 heteroatoms. The Morgan fingerprint density at radius 1 is 1.22 bits per heavy atom. The lowest BCUT2D eigenvalue weighted by molar-refractivity contribution is -0.121. The van der Waals surface area contributed by atoms with Crippen LogP contribution in [0.5, 0.6) is 0 Å². The van der Waals surface area contributed by atoms with E-state index in [2.05, 4.69) is 17.0 Å². The Morgan fingerprint density at radius 3 is 2.44 bits per heavy atom. The highest BCUT2D eigenvalue weighted by Gasteiger charge is 2.58. The molecule has 1 N–H and O–H groups in total. The molecule has 0 amide bonds. The summed E-state index contributed by atoms with van der Waals surface area (Å²) in [6, 6.07) is 13.8. The second-order valence-corrected chi connectivity index (χ2v) is 7.23. The summed E-state index contributed by atoms with van der Waals surface area (Å²) in [5, 5.41) is 28.9. The van der Waals surface area contributed by atoms with Gasteiger partial charge in [-0.25, -0.2) is 0 Å². The molecular weight excluding hydrogens is 336 g/mol. The van der Waals surface area contributed by atoms with Gasteiger partial charge in [0.15, 0.2) is 0 Å². The van der Waals surface area contributed by atoms with Gasteiger partial charge in [-0.1, -0.05) is 37.3 Å². The maximum absolute atomic E-state index is 13.0. The molecule has 0 saturated carbocycles. The summed E-state index contributed by atoms with van der Waals surface area (Å²) in [6.07, 6.45) is 4.04. The maximum Gasteiger partial charge on any atom is 0.144 e.